The standard InChI is InChI=1S/C17H17N5O2/c23-17(11-22-12-20-13-3-1-2-4-15(13)22)21-7-8-24-16(10-21)14-9-18-5-6-19-14/h1-6,9,12,16H,7-8,10-11H2. The lowest BCUT2D eigenvalue weighted by molar-refractivity contribution is -0.139. The number of hydrogen-bond donors (Lipinski definition) is 0. The number of amides is 1. The minimum absolute atomic E-state index is 0.0512. The molecule has 4 rings (SSSR count). The summed E-state index contributed by atoms with van der Waals surface area (Å²) in [5, 5.41) is 0. The van der Waals surface area contributed by atoms with Crippen molar-refractivity contribution in [3.63, 3.8) is 0 Å². The molecule has 1 aliphatic heterocycles. The van der Waals surface area contributed by atoms with Crippen LogP contribution >= 0.6 is 0 Å². The molecule has 0 radical (unpaired) electrons. The molecule has 24 heavy (non-hydrogen) atoms. The molecule has 7 heteroatoms. The van der Waals surface area contributed by atoms with E-state index in [2.05, 4.69) is 15.0 Å². The van der Waals surface area contributed by atoms with E-state index in [-0.39, 0.29) is 18.6 Å². The van der Waals surface area contributed by atoms with Crippen LogP contribution in [0, 0.1) is 0 Å². The molecule has 1 amide bonds. The van der Waals surface area contributed by atoms with Gasteiger partial charge in [-0.2, -0.15) is 0 Å². The van der Waals surface area contributed by atoms with Crippen LogP contribution in [0.15, 0.2) is 49.2 Å². The third-order valence-electron chi connectivity index (χ3n) is 4.17. The molecule has 0 bridgehead atoms. The maximum Gasteiger partial charge on any atom is 0.242 e. The molecule has 3 aromatic rings. The molecule has 7 nitrogen and oxygen atoms in total. The van der Waals surface area contributed by atoms with Crippen molar-refractivity contribution in [3.05, 3.63) is 54.9 Å². The Bertz CT molecular complexity index is 848. The van der Waals surface area contributed by atoms with E-state index in [9.17, 15) is 4.79 Å². The molecule has 3 heterocycles. The van der Waals surface area contributed by atoms with Crippen LogP contribution < -0.4 is 0 Å². The number of ether oxygens (including phenoxy) is 1. The summed E-state index contributed by atoms with van der Waals surface area (Å²) in [4.78, 5) is 27.2. The fourth-order valence-corrected chi connectivity index (χ4v) is 2.91. The predicted molar refractivity (Wildman–Crippen MR) is 87.0 cm³/mol. The van der Waals surface area contributed by atoms with Gasteiger partial charge in [-0.1, -0.05) is 12.1 Å². The Morgan fingerprint density at radius 1 is 1.25 bits per heavy atom. The number of carbonyl (C=O) groups excluding carboxylic acids is 1. The summed E-state index contributed by atoms with van der Waals surface area (Å²) in [5.41, 5.74) is 2.61. The van der Waals surface area contributed by atoms with Crippen molar-refractivity contribution in [3.8, 4) is 0 Å². The van der Waals surface area contributed by atoms with Crippen molar-refractivity contribution in [2.24, 2.45) is 0 Å². The Kier molecular flexibility index (Phi) is 3.92. The number of morpholine rings is 1. The SMILES string of the molecule is O=C(Cn1cnc2ccccc21)N1CCOC(c2cnccn2)C1. The summed E-state index contributed by atoms with van der Waals surface area (Å²) in [6.07, 6.45) is 6.43. The third kappa shape index (κ3) is 2.85. The van der Waals surface area contributed by atoms with Gasteiger partial charge in [0, 0.05) is 18.9 Å². The number of para-hydroxylation sites is 2. The Hall–Kier alpha value is -2.80. The number of rotatable bonds is 3. The lowest BCUT2D eigenvalue weighted by Gasteiger charge is -2.32. The molecule has 1 aliphatic rings. The van der Waals surface area contributed by atoms with Crippen LogP contribution in [0.4, 0.5) is 0 Å². The number of nitrogens with zero attached hydrogens (tertiary/aromatic N) is 5. The van der Waals surface area contributed by atoms with Gasteiger partial charge in [0.2, 0.25) is 5.91 Å². The predicted octanol–water partition coefficient (Wildman–Crippen LogP) is 1.43. The van der Waals surface area contributed by atoms with Gasteiger partial charge in [0.15, 0.2) is 0 Å². The number of carbonyl (C=O) groups is 1. The van der Waals surface area contributed by atoms with Crippen LogP contribution in [0.2, 0.25) is 0 Å². The fraction of sp³-hybridized carbons (Fsp3) is 0.294. The zero-order valence-electron chi connectivity index (χ0n) is 13.1. The van der Waals surface area contributed by atoms with Gasteiger partial charge in [0.05, 0.1) is 42.4 Å². The van der Waals surface area contributed by atoms with Crippen molar-refractivity contribution in [1.29, 1.82) is 0 Å². The highest BCUT2D eigenvalue weighted by molar-refractivity contribution is 5.80. The number of benzene rings is 1. The minimum Gasteiger partial charge on any atom is -0.368 e. The maximum atomic E-state index is 12.7. The van der Waals surface area contributed by atoms with Crippen LogP contribution in [0.3, 0.4) is 0 Å². The van der Waals surface area contributed by atoms with E-state index in [1.165, 1.54) is 0 Å². The first-order chi connectivity index (χ1) is 11.8. The van der Waals surface area contributed by atoms with Gasteiger partial charge >= 0.3 is 0 Å². The molecule has 122 valence electrons. The third-order valence-corrected chi connectivity index (χ3v) is 4.17. The monoisotopic (exact) mass is 323 g/mol. The van der Waals surface area contributed by atoms with Crippen molar-refractivity contribution < 1.29 is 9.53 Å². The van der Waals surface area contributed by atoms with Gasteiger partial charge in [-0.15, -0.1) is 0 Å². The lowest BCUT2D eigenvalue weighted by Crippen LogP contribution is -2.43. The Labute approximate surface area is 138 Å². The molecule has 1 fully saturated rings. The lowest BCUT2D eigenvalue weighted by atomic mass is 10.2. The largest absolute Gasteiger partial charge is 0.368 e. The van der Waals surface area contributed by atoms with E-state index < -0.39 is 0 Å². The van der Waals surface area contributed by atoms with Gasteiger partial charge in [0.1, 0.15) is 12.6 Å². The van der Waals surface area contributed by atoms with Crippen molar-refractivity contribution in [1.82, 2.24) is 24.4 Å². The van der Waals surface area contributed by atoms with E-state index in [1.807, 2.05) is 33.7 Å². The van der Waals surface area contributed by atoms with Crippen LogP contribution in [0.5, 0.6) is 0 Å². The Morgan fingerprint density at radius 3 is 3.04 bits per heavy atom. The Morgan fingerprint density at radius 2 is 2.17 bits per heavy atom. The van der Waals surface area contributed by atoms with Gasteiger partial charge in [-0.05, 0) is 12.1 Å². The number of aromatic nitrogens is 4. The van der Waals surface area contributed by atoms with Crippen LogP contribution in [0.1, 0.15) is 11.8 Å². The van der Waals surface area contributed by atoms with E-state index in [0.717, 1.165) is 16.7 Å². The average Bonchev–Trinajstić information content (AvgIpc) is 3.06. The van der Waals surface area contributed by atoms with Gasteiger partial charge in [-0.3, -0.25) is 14.8 Å². The van der Waals surface area contributed by atoms with Crippen molar-refractivity contribution in [2.45, 2.75) is 12.6 Å². The van der Waals surface area contributed by atoms with Crippen molar-refractivity contribution >= 4 is 16.9 Å². The molecule has 1 unspecified atom stereocenters. The highest BCUT2D eigenvalue weighted by atomic mass is 16.5. The summed E-state index contributed by atoms with van der Waals surface area (Å²) in [7, 11) is 0. The van der Waals surface area contributed by atoms with Gasteiger partial charge in [0.25, 0.3) is 0 Å². The summed E-state index contributed by atoms with van der Waals surface area (Å²) in [6.45, 7) is 1.84. The summed E-state index contributed by atoms with van der Waals surface area (Å²) in [5.74, 6) is 0.0512. The summed E-state index contributed by atoms with van der Waals surface area (Å²) in [6, 6.07) is 7.80. The van der Waals surface area contributed by atoms with Crippen molar-refractivity contribution in [2.75, 3.05) is 19.7 Å². The molecule has 1 atom stereocenters. The van der Waals surface area contributed by atoms with Crippen LogP contribution in [0.25, 0.3) is 11.0 Å². The Balaban J connectivity index is 1.48. The summed E-state index contributed by atoms with van der Waals surface area (Å²) >= 11 is 0. The van der Waals surface area contributed by atoms with Gasteiger partial charge in [-0.25, -0.2) is 4.98 Å². The highest BCUT2D eigenvalue weighted by Gasteiger charge is 2.26. The van der Waals surface area contributed by atoms with Crippen LogP contribution in [-0.2, 0) is 16.1 Å². The van der Waals surface area contributed by atoms with Crippen LogP contribution in [-0.4, -0.2) is 50.0 Å². The molecule has 2 aromatic heterocycles. The molecule has 0 saturated carbocycles. The second kappa shape index (κ2) is 6.37. The number of fused-ring (bicyclic) bond motifs is 1. The quantitative estimate of drug-likeness (QED) is 0.729. The zero-order chi connectivity index (χ0) is 16.4. The molecule has 0 spiro atoms. The maximum absolute atomic E-state index is 12.7. The highest BCUT2D eigenvalue weighted by Crippen LogP contribution is 2.20. The number of hydrogen-bond acceptors (Lipinski definition) is 5. The molecule has 1 saturated heterocycles. The first kappa shape index (κ1) is 14.8. The molecular weight excluding hydrogens is 306 g/mol. The average molecular weight is 323 g/mol. The zero-order valence-corrected chi connectivity index (χ0v) is 13.1. The second-order valence-electron chi connectivity index (χ2n) is 5.69. The van der Waals surface area contributed by atoms with E-state index in [4.69, 9.17) is 4.74 Å². The second-order valence-corrected chi connectivity index (χ2v) is 5.69. The van der Waals surface area contributed by atoms with E-state index in [1.54, 1.807) is 24.9 Å². The minimum atomic E-state index is -0.226. The van der Waals surface area contributed by atoms with E-state index >= 15 is 0 Å². The van der Waals surface area contributed by atoms with Gasteiger partial charge < -0.3 is 14.2 Å². The first-order valence-corrected chi connectivity index (χ1v) is 7.86. The fourth-order valence-electron chi connectivity index (χ4n) is 2.91. The molecule has 1 aromatic carbocycles. The summed E-state index contributed by atoms with van der Waals surface area (Å²) < 4.78 is 7.61. The number of imidazole rings is 1. The molecule has 0 N–H and O–H groups in total. The molecule has 0 aliphatic carbocycles. The topological polar surface area (TPSA) is 73.1 Å². The normalized spacial score (nSPS) is 18.0. The first-order valence-electron chi connectivity index (χ1n) is 7.86. The van der Waals surface area contributed by atoms with E-state index in [0.29, 0.717) is 19.7 Å². The smallest absolute Gasteiger partial charge is 0.242 e. The molecular formula is C17H17N5O2.